The van der Waals surface area contributed by atoms with Gasteiger partial charge in [-0.2, -0.15) is 0 Å². The van der Waals surface area contributed by atoms with E-state index in [2.05, 4.69) is 5.32 Å². The molecule has 4 aliphatic rings. The van der Waals surface area contributed by atoms with Crippen molar-refractivity contribution in [3.05, 3.63) is 16.9 Å². The van der Waals surface area contributed by atoms with Crippen LogP contribution >= 0.6 is 0 Å². The Kier molecular flexibility index (Phi) is 4.71. The first kappa shape index (κ1) is 19.0. The van der Waals surface area contributed by atoms with Crippen molar-refractivity contribution in [1.82, 2.24) is 0 Å². The van der Waals surface area contributed by atoms with Crippen LogP contribution in [0.15, 0.2) is 4.42 Å². The molecule has 1 heterocycles. The van der Waals surface area contributed by atoms with Crippen molar-refractivity contribution in [2.75, 3.05) is 11.9 Å². The molecular formula is C21H28N2O5. The fourth-order valence-electron chi connectivity index (χ4n) is 6.33. The predicted octanol–water partition coefficient (Wildman–Crippen LogP) is 3.41. The van der Waals surface area contributed by atoms with Crippen LogP contribution in [0.1, 0.15) is 78.3 Å². The minimum Gasteiger partial charge on any atom is -0.462 e. The molecule has 0 aliphatic heterocycles. The third kappa shape index (κ3) is 3.31. The van der Waals surface area contributed by atoms with E-state index in [0.717, 1.165) is 37.0 Å². The van der Waals surface area contributed by atoms with Gasteiger partial charge in [0.15, 0.2) is 0 Å². The van der Waals surface area contributed by atoms with Crippen molar-refractivity contribution in [2.24, 2.45) is 28.9 Å². The molecule has 1 aromatic heterocycles. The van der Waals surface area contributed by atoms with Crippen molar-refractivity contribution in [2.45, 2.75) is 58.8 Å². The highest BCUT2D eigenvalue weighted by Crippen LogP contribution is 2.61. The zero-order valence-electron chi connectivity index (χ0n) is 16.5. The summed E-state index contributed by atoms with van der Waals surface area (Å²) in [5.41, 5.74) is 5.40. The smallest absolute Gasteiger partial charge is 0.342 e. The number of primary amides is 1. The molecule has 0 atom stereocenters. The average Bonchev–Trinajstić information content (AvgIpc) is 2.89. The van der Waals surface area contributed by atoms with Crippen LogP contribution in [0, 0.1) is 30.1 Å². The minimum absolute atomic E-state index is 0.0144. The summed E-state index contributed by atoms with van der Waals surface area (Å²) < 4.78 is 10.5. The fourth-order valence-corrected chi connectivity index (χ4v) is 6.33. The first-order valence-corrected chi connectivity index (χ1v) is 10.2. The van der Waals surface area contributed by atoms with Gasteiger partial charge in [-0.05, 0) is 75.5 Å². The Bertz CT molecular complexity index is 790. The summed E-state index contributed by atoms with van der Waals surface area (Å²) >= 11 is 0. The highest BCUT2D eigenvalue weighted by molar-refractivity contribution is 6.10. The molecule has 5 rings (SSSR count). The van der Waals surface area contributed by atoms with Gasteiger partial charge in [0.05, 0.1) is 6.61 Å². The third-order valence-corrected chi connectivity index (χ3v) is 6.76. The van der Waals surface area contributed by atoms with Gasteiger partial charge in [0.1, 0.15) is 16.9 Å². The third-order valence-electron chi connectivity index (χ3n) is 6.76. The number of esters is 1. The number of aryl methyl sites for hydroxylation is 1. The van der Waals surface area contributed by atoms with Gasteiger partial charge in [-0.1, -0.05) is 0 Å². The Morgan fingerprint density at radius 2 is 1.68 bits per heavy atom. The molecule has 152 valence electrons. The summed E-state index contributed by atoms with van der Waals surface area (Å²) in [4.78, 5) is 37.0. The van der Waals surface area contributed by atoms with Crippen molar-refractivity contribution in [3.63, 3.8) is 0 Å². The lowest BCUT2D eigenvalue weighted by molar-refractivity contribution is -0.124. The lowest BCUT2D eigenvalue weighted by Crippen LogP contribution is -2.47. The standard InChI is InChI=1S/C21H28N2O5/c1-3-27-20(26)16-11(2)28-19(17(16)18(22)25)23-15(24)10-21-7-12-4-13(8-21)6-14(5-12)9-21/h12-14H,3-10H2,1-2H3,(H2,22,25)(H,23,24). The van der Waals surface area contributed by atoms with E-state index in [4.69, 9.17) is 14.9 Å². The van der Waals surface area contributed by atoms with Gasteiger partial charge in [-0.15, -0.1) is 0 Å². The molecule has 0 saturated heterocycles. The zero-order chi connectivity index (χ0) is 20.1. The van der Waals surface area contributed by atoms with Crippen LogP contribution in [-0.4, -0.2) is 24.4 Å². The number of furan rings is 1. The quantitative estimate of drug-likeness (QED) is 0.725. The molecule has 4 fully saturated rings. The predicted molar refractivity (Wildman–Crippen MR) is 102 cm³/mol. The van der Waals surface area contributed by atoms with Gasteiger partial charge in [0.25, 0.3) is 5.91 Å². The maximum absolute atomic E-state index is 12.8. The number of nitrogens with one attached hydrogen (secondary N) is 1. The molecule has 4 saturated carbocycles. The molecule has 2 amide bonds. The van der Waals surface area contributed by atoms with Crippen LogP contribution in [0.3, 0.4) is 0 Å². The van der Waals surface area contributed by atoms with E-state index in [1.54, 1.807) is 13.8 Å². The maximum atomic E-state index is 12.8. The van der Waals surface area contributed by atoms with Crippen LogP contribution in [-0.2, 0) is 9.53 Å². The molecule has 1 aromatic rings. The number of amides is 2. The van der Waals surface area contributed by atoms with Crippen molar-refractivity contribution in [1.29, 1.82) is 0 Å². The Labute approximate surface area is 164 Å². The van der Waals surface area contributed by atoms with Crippen molar-refractivity contribution < 1.29 is 23.5 Å². The Balaban J connectivity index is 1.53. The molecular weight excluding hydrogens is 360 g/mol. The molecule has 0 radical (unpaired) electrons. The maximum Gasteiger partial charge on any atom is 0.342 e. The van der Waals surface area contributed by atoms with Crippen LogP contribution in [0.5, 0.6) is 0 Å². The van der Waals surface area contributed by atoms with Gasteiger partial charge < -0.3 is 14.9 Å². The van der Waals surface area contributed by atoms with E-state index < -0.39 is 11.9 Å². The van der Waals surface area contributed by atoms with E-state index >= 15 is 0 Å². The van der Waals surface area contributed by atoms with Crippen LogP contribution in [0.2, 0.25) is 0 Å². The summed E-state index contributed by atoms with van der Waals surface area (Å²) in [6, 6.07) is 0. The molecule has 7 heteroatoms. The number of ether oxygens (including phenoxy) is 1. The number of nitrogens with two attached hydrogens (primary N) is 1. The van der Waals surface area contributed by atoms with Gasteiger partial charge in [0, 0.05) is 6.42 Å². The number of hydrogen-bond acceptors (Lipinski definition) is 5. The highest BCUT2D eigenvalue weighted by Gasteiger charge is 2.51. The second kappa shape index (κ2) is 6.94. The molecule has 0 aromatic carbocycles. The number of carbonyl (C=O) groups excluding carboxylic acids is 3. The number of carbonyl (C=O) groups is 3. The fraction of sp³-hybridized carbons (Fsp3) is 0.667. The Hall–Kier alpha value is -2.31. The summed E-state index contributed by atoms with van der Waals surface area (Å²) in [6.07, 6.45) is 7.69. The van der Waals surface area contributed by atoms with Crippen LogP contribution < -0.4 is 11.1 Å². The molecule has 4 aliphatic carbocycles. The summed E-state index contributed by atoms with van der Waals surface area (Å²) in [5.74, 6) is 0.711. The van der Waals surface area contributed by atoms with E-state index in [-0.39, 0.29) is 40.7 Å². The molecule has 3 N–H and O–H groups in total. The number of anilines is 1. The van der Waals surface area contributed by atoms with Gasteiger partial charge >= 0.3 is 5.97 Å². The van der Waals surface area contributed by atoms with Gasteiger partial charge in [0.2, 0.25) is 11.8 Å². The zero-order valence-corrected chi connectivity index (χ0v) is 16.5. The van der Waals surface area contributed by atoms with Crippen LogP contribution in [0.25, 0.3) is 0 Å². The van der Waals surface area contributed by atoms with Crippen molar-refractivity contribution in [3.8, 4) is 0 Å². The monoisotopic (exact) mass is 388 g/mol. The summed E-state index contributed by atoms with van der Waals surface area (Å²) in [7, 11) is 0. The largest absolute Gasteiger partial charge is 0.462 e. The molecule has 0 spiro atoms. The minimum atomic E-state index is -0.829. The van der Waals surface area contributed by atoms with Crippen molar-refractivity contribution >= 4 is 23.7 Å². The second-order valence-electron chi connectivity index (χ2n) is 8.96. The van der Waals surface area contributed by atoms with Crippen LogP contribution in [0.4, 0.5) is 5.88 Å². The highest BCUT2D eigenvalue weighted by atomic mass is 16.5. The van der Waals surface area contributed by atoms with E-state index in [1.807, 2.05) is 0 Å². The molecule has 28 heavy (non-hydrogen) atoms. The first-order valence-electron chi connectivity index (χ1n) is 10.2. The first-order chi connectivity index (χ1) is 13.3. The van der Waals surface area contributed by atoms with E-state index in [1.165, 1.54) is 19.3 Å². The SMILES string of the molecule is CCOC(=O)c1c(C)oc(NC(=O)CC23CC4CC(CC(C4)C2)C3)c1C(N)=O. The van der Waals surface area contributed by atoms with Gasteiger partial charge in [-0.3, -0.25) is 14.9 Å². The molecule has 4 bridgehead atoms. The normalized spacial score (nSPS) is 30.3. The Morgan fingerprint density at radius 3 is 2.18 bits per heavy atom. The van der Waals surface area contributed by atoms with E-state index in [0.29, 0.717) is 6.42 Å². The lowest BCUT2D eigenvalue weighted by Gasteiger charge is -2.56. The van der Waals surface area contributed by atoms with Gasteiger partial charge in [-0.25, -0.2) is 4.79 Å². The average molecular weight is 388 g/mol. The van der Waals surface area contributed by atoms with E-state index in [9.17, 15) is 14.4 Å². The number of rotatable bonds is 6. The Morgan fingerprint density at radius 1 is 1.11 bits per heavy atom. The summed E-state index contributed by atoms with van der Waals surface area (Å²) in [5, 5.41) is 2.71. The lowest BCUT2D eigenvalue weighted by atomic mass is 9.49. The topological polar surface area (TPSA) is 112 Å². The molecule has 0 unspecified atom stereocenters. The number of hydrogen-bond donors (Lipinski definition) is 2. The summed E-state index contributed by atoms with van der Waals surface area (Å²) in [6.45, 7) is 3.38. The molecule has 7 nitrogen and oxygen atoms in total. The second-order valence-corrected chi connectivity index (χ2v) is 8.96.